The summed E-state index contributed by atoms with van der Waals surface area (Å²) in [4.78, 5) is 70.0. The number of likely N-dealkylation sites (tertiary alicyclic amines) is 1. The van der Waals surface area contributed by atoms with Crippen molar-refractivity contribution in [3.05, 3.63) is 65.9 Å². The SMILES string of the molecule is COc1cccc2[nH]c(C(=O)N3C[C@H](C(F)(F)F)C[C@H]3C(=O)N[C@@H](CC3CCCCC3=O)C(=O)C(=O)NCc3ccccc3)cc12. The minimum atomic E-state index is -4.70. The average Bonchev–Trinajstić information content (AvgIpc) is 3.70. The number of hydrogen-bond donors (Lipinski definition) is 3. The van der Waals surface area contributed by atoms with E-state index < -0.39 is 66.6 Å². The maximum atomic E-state index is 13.9. The van der Waals surface area contributed by atoms with Gasteiger partial charge < -0.3 is 25.3 Å². The first-order valence-electron chi connectivity index (χ1n) is 15.2. The molecule has 13 heteroatoms. The number of ether oxygens (including phenoxy) is 1. The summed E-state index contributed by atoms with van der Waals surface area (Å²) in [5.41, 5.74) is 1.19. The smallest absolute Gasteiger partial charge is 0.393 e. The number of ketones is 2. The van der Waals surface area contributed by atoms with Gasteiger partial charge >= 0.3 is 6.18 Å². The molecule has 3 aromatic rings. The molecule has 1 unspecified atom stereocenters. The van der Waals surface area contributed by atoms with Gasteiger partial charge in [-0.05, 0) is 49.4 Å². The highest BCUT2D eigenvalue weighted by Gasteiger charge is 2.51. The minimum absolute atomic E-state index is 0.0297. The summed E-state index contributed by atoms with van der Waals surface area (Å²) in [6.07, 6.45) is -3.43. The Morgan fingerprint density at radius 3 is 2.52 bits per heavy atom. The predicted molar refractivity (Wildman–Crippen MR) is 161 cm³/mol. The molecule has 2 heterocycles. The predicted octanol–water partition coefficient (Wildman–Crippen LogP) is 4.09. The van der Waals surface area contributed by atoms with Gasteiger partial charge in [-0.2, -0.15) is 13.2 Å². The summed E-state index contributed by atoms with van der Waals surface area (Å²) in [5.74, 6) is -6.12. The fraction of sp³-hybridized carbons (Fsp3) is 0.424. The van der Waals surface area contributed by atoms with Gasteiger partial charge in [-0.25, -0.2) is 0 Å². The molecule has 0 bridgehead atoms. The number of fused-ring (bicyclic) bond motifs is 1. The van der Waals surface area contributed by atoms with Gasteiger partial charge in [0.1, 0.15) is 23.3 Å². The number of nitrogens with zero attached hydrogens (tertiary/aromatic N) is 1. The maximum absolute atomic E-state index is 13.9. The van der Waals surface area contributed by atoms with Crippen LogP contribution in [-0.2, 0) is 25.7 Å². The molecular weight excluding hydrogens is 605 g/mol. The molecule has 46 heavy (non-hydrogen) atoms. The number of amides is 3. The van der Waals surface area contributed by atoms with Crippen molar-refractivity contribution in [3.63, 3.8) is 0 Å². The van der Waals surface area contributed by atoms with Gasteiger partial charge in [-0.3, -0.25) is 24.0 Å². The molecule has 0 radical (unpaired) electrons. The third-order valence-corrected chi connectivity index (χ3v) is 8.76. The molecule has 3 N–H and O–H groups in total. The number of Topliss-reactive ketones (excluding diaryl/α,β-unsaturated/α-hetero) is 2. The maximum Gasteiger partial charge on any atom is 0.393 e. The topological polar surface area (TPSA) is 138 Å². The lowest BCUT2D eigenvalue weighted by Gasteiger charge is -2.28. The molecule has 5 rings (SSSR count). The molecule has 10 nitrogen and oxygen atoms in total. The number of carbonyl (C=O) groups excluding carboxylic acids is 5. The van der Waals surface area contributed by atoms with Crippen LogP contribution in [0.1, 0.15) is 54.6 Å². The minimum Gasteiger partial charge on any atom is -0.496 e. The fourth-order valence-electron chi connectivity index (χ4n) is 6.23. The van der Waals surface area contributed by atoms with Crippen LogP contribution in [0.15, 0.2) is 54.6 Å². The van der Waals surface area contributed by atoms with Gasteiger partial charge in [0.15, 0.2) is 0 Å². The number of benzene rings is 2. The van der Waals surface area contributed by atoms with Gasteiger partial charge in [-0.1, -0.05) is 42.8 Å². The number of rotatable bonds is 10. The standard InChI is InChI=1S/C33H35F3N4O6/c1-46-28-13-7-11-23-22(28)16-25(38-23)32(45)40-18-21(33(34,35)36)15-26(40)30(43)39-24(14-20-10-5-6-12-27(20)41)29(42)31(44)37-17-19-8-3-2-4-9-19/h2-4,7-9,11,13,16,20-21,24,26,38H,5-6,10,12,14-15,17-18H2,1H3,(H,37,44)(H,39,43)/t20?,21-,24+,26+/m1/s1. The molecule has 3 amide bonds. The third kappa shape index (κ3) is 7.24. The fourth-order valence-corrected chi connectivity index (χ4v) is 6.23. The summed E-state index contributed by atoms with van der Waals surface area (Å²) in [5, 5.41) is 5.51. The zero-order valence-corrected chi connectivity index (χ0v) is 25.2. The summed E-state index contributed by atoms with van der Waals surface area (Å²) in [6, 6.07) is 12.2. The Hall–Kier alpha value is -4.68. The first-order chi connectivity index (χ1) is 22.0. The van der Waals surface area contributed by atoms with Crippen molar-refractivity contribution in [2.24, 2.45) is 11.8 Å². The van der Waals surface area contributed by atoms with Crippen LogP contribution in [0.4, 0.5) is 13.2 Å². The van der Waals surface area contributed by atoms with Crippen LogP contribution in [0.2, 0.25) is 0 Å². The number of halogens is 3. The summed E-state index contributed by atoms with van der Waals surface area (Å²) in [7, 11) is 1.44. The van der Waals surface area contributed by atoms with Gasteiger partial charge in [0.05, 0.1) is 19.1 Å². The summed E-state index contributed by atoms with van der Waals surface area (Å²) < 4.78 is 47.1. The second-order valence-corrected chi connectivity index (χ2v) is 11.8. The van der Waals surface area contributed by atoms with Crippen molar-refractivity contribution in [3.8, 4) is 5.75 Å². The Labute approximate surface area is 263 Å². The lowest BCUT2D eigenvalue weighted by molar-refractivity contribution is -0.170. The van der Waals surface area contributed by atoms with Crippen molar-refractivity contribution in [1.29, 1.82) is 0 Å². The number of carbonyl (C=O) groups is 5. The van der Waals surface area contributed by atoms with Crippen LogP contribution in [-0.4, -0.2) is 71.1 Å². The number of hydrogen-bond acceptors (Lipinski definition) is 6. The first-order valence-corrected chi connectivity index (χ1v) is 15.2. The highest BCUT2D eigenvalue weighted by molar-refractivity contribution is 6.38. The highest BCUT2D eigenvalue weighted by atomic mass is 19.4. The van der Waals surface area contributed by atoms with Gasteiger partial charge in [-0.15, -0.1) is 0 Å². The second kappa shape index (κ2) is 13.8. The molecule has 0 spiro atoms. The van der Waals surface area contributed by atoms with Crippen LogP contribution in [0.25, 0.3) is 10.9 Å². The number of H-pyrrole nitrogens is 1. The largest absolute Gasteiger partial charge is 0.496 e. The Bertz CT molecular complexity index is 1620. The average molecular weight is 641 g/mol. The number of nitrogens with one attached hydrogen (secondary N) is 3. The van der Waals surface area contributed by atoms with Crippen molar-refractivity contribution in [2.75, 3.05) is 13.7 Å². The molecule has 244 valence electrons. The van der Waals surface area contributed by atoms with Crippen molar-refractivity contribution in [2.45, 2.75) is 63.3 Å². The van der Waals surface area contributed by atoms with E-state index in [1.165, 1.54) is 13.2 Å². The summed E-state index contributed by atoms with van der Waals surface area (Å²) >= 11 is 0. The number of aromatic amines is 1. The molecule has 1 saturated carbocycles. The van der Waals surface area contributed by atoms with Crippen molar-refractivity contribution < 1.29 is 41.9 Å². The highest BCUT2D eigenvalue weighted by Crippen LogP contribution is 2.38. The zero-order valence-electron chi connectivity index (χ0n) is 25.2. The van der Waals surface area contributed by atoms with E-state index in [-0.39, 0.29) is 24.4 Å². The third-order valence-electron chi connectivity index (χ3n) is 8.76. The Morgan fingerprint density at radius 2 is 1.83 bits per heavy atom. The van der Waals surface area contributed by atoms with E-state index in [4.69, 9.17) is 4.74 Å². The van der Waals surface area contributed by atoms with E-state index >= 15 is 0 Å². The molecule has 2 aromatic carbocycles. The van der Waals surface area contributed by atoms with E-state index in [0.29, 0.717) is 35.9 Å². The van der Waals surface area contributed by atoms with Crippen LogP contribution in [0, 0.1) is 11.8 Å². The van der Waals surface area contributed by atoms with E-state index in [1.807, 2.05) is 0 Å². The van der Waals surface area contributed by atoms with E-state index in [0.717, 1.165) is 16.9 Å². The quantitative estimate of drug-likeness (QED) is 0.286. The Kier molecular flexibility index (Phi) is 9.78. The molecule has 4 atom stereocenters. The molecule has 1 aromatic heterocycles. The molecule has 1 aliphatic carbocycles. The lowest BCUT2D eigenvalue weighted by Crippen LogP contribution is -2.54. The van der Waals surface area contributed by atoms with E-state index in [1.54, 1.807) is 48.5 Å². The van der Waals surface area contributed by atoms with Crippen LogP contribution >= 0.6 is 0 Å². The number of alkyl halides is 3. The van der Waals surface area contributed by atoms with Crippen LogP contribution in [0.3, 0.4) is 0 Å². The van der Waals surface area contributed by atoms with Crippen molar-refractivity contribution >= 4 is 40.2 Å². The normalized spacial score (nSPS) is 20.7. The lowest BCUT2D eigenvalue weighted by atomic mass is 9.82. The Balaban J connectivity index is 1.38. The van der Waals surface area contributed by atoms with Gasteiger partial charge in [0.2, 0.25) is 11.7 Å². The molecular formula is C33H35F3N4O6. The number of aromatic nitrogens is 1. The van der Waals surface area contributed by atoms with E-state index in [9.17, 15) is 37.1 Å². The molecule has 1 aliphatic heterocycles. The van der Waals surface area contributed by atoms with Crippen LogP contribution in [0.5, 0.6) is 5.75 Å². The first kappa shape index (κ1) is 32.7. The van der Waals surface area contributed by atoms with Crippen molar-refractivity contribution in [1.82, 2.24) is 20.5 Å². The Morgan fingerprint density at radius 1 is 1.07 bits per heavy atom. The van der Waals surface area contributed by atoms with E-state index in [2.05, 4.69) is 15.6 Å². The van der Waals surface area contributed by atoms with Gasteiger partial charge in [0.25, 0.3) is 11.8 Å². The zero-order chi connectivity index (χ0) is 33.0. The van der Waals surface area contributed by atoms with Gasteiger partial charge in [0, 0.05) is 36.3 Å². The molecule has 1 saturated heterocycles. The molecule has 2 fully saturated rings. The molecule has 2 aliphatic rings. The monoisotopic (exact) mass is 640 g/mol. The summed E-state index contributed by atoms with van der Waals surface area (Å²) in [6.45, 7) is -0.744. The second-order valence-electron chi connectivity index (χ2n) is 11.8. The number of methoxy groups -OCH3 is 1. The van der Waals surface area contributed by atoms with Crippen LogP contribution < -0.4 is 15.4 Å².